The summed E-state index contributed by atoms with van der Waals surface area (Å²) in [7, 11) is 2.14. The molecule has 3 aromatic rings. The van der Waals surface area contributed by atoms with Gasteiger partial charge in [0.25, 0.3) is 0 Å². The number of rotatable bonds is 7. The van der Waals surface area contributed by atoms with Gasteiger partial charge in [0.05, 0.1) is 30.8 Å². The Morgan fingerprint density at radius 3 is 2.83 bits per heavy atom. The maximum absolute atomic E-state index is 12.5. The molecule has 0 aliphatic carbocycles. The predicted molar refractivity (Wildman–Crippen MR) is 153 cm³/mol. The summed E-state index contributed by atoms with van der Waals surface area (Å²) in [5.41, 5.74) is 3.25. The highest BCUT2D eigenvalue weighted by atomic mass is 16.5. The Morgan fingerprint density at radius 2 is 2.02 bits per heavy atom. The second-order valence-electron chi connectivity index (χ2n) is 10.9. The molecule has 0 aromatic carbocycles. The third-order valence-corrected chi connectivity index (χ3v) is 8.53. The summed E-state index contributed by atoms with van der Waals surface area (Å²) >= 11 is 0. The maximum Gasteiger partial charge on any atom is 0.318 e. The molecular formula is C30H36N8O2. The van der Waals surface area contributed by atoms with Crippen molar-refractivity contribution in [3.8, 4) is 12.1 Å². The summed E-state index contributed by atoms with van der Waals surface area (Å²) in [5, 5.41) is 9.49. The van der Waals surface area contributed by atoms with Gasteiger partial charge in [0, 0.05) is 49.5 Å². The van der Waals surface area contributed by atoms with Gasteiger partial charge in [0.15, 0.2) is 0 Å². The SMILES string of the molecule is C=CC(=O)N1CCN(c2nc(OC[C@@H]3CCCN3C)nc3c2CCN(c2cccc4cccn24)C3)C[C@@H]1CC#N. The lowest BCUT2D eigenvalue weighted by Crippen LogP contribution is -2.55. The number of likely N-dealkylation sites (N-methyl/N-ethyl adjacent to an activating group) is 1. The summed E-state index contributed by atoms with van der Waals surface area (Å²) in [4.78, 5) is 31.1. The first-order valence-corrected chi connectivity index (χ1v) is 14.1. The van der Waals surface area contributed by atoms with E-state index >= 15 is 0 Å². The Morgan fingerprint density at radius 1 is 1.15 bits per heavy atom. The number of hydrogen-bond acceptors (Lipinski definition) is 8. The summed E-state index contributed by atoms with van der Waals surface area (Å²) in [6.45, 7) is 8.45. The Balaban J connectivity index is 1.32. The van der Waals surface area contributed by atoms with Gasteiger partial charge in [-0.2, -0.15) is 15.2 Å². The van der Waals surface area contributed by atoms with Crippen LogP contribution < -0.4 is 14.5 Å². The van der Waals surface area contributed by atoms with Crippen molar-refractivity contribution >= 4 is 23.1 Å². The number of fused-ring (bicyclic) bond motifs is 2. The second kappa shape index (κ2) is 11.2. The van der Waals surface area contributed by atoms with Crippen LogP contribution >= 0.6 is 0 Å². The van der Waals surface area contributed by atoms with Crippen LogP contribution in [0.3, 0.4) is 0 Å². The van der Waals surface area contributed by atoms with Crippen molar-refractivity contribution in [1.82, 2.24) is 24.2 Å². The van der Waals surface area contributed by atoms with Gasteiger partial charge in [-0.15, -0.1) is 0 Å². The van der Waals surface area contributed by atoms with Crippen LogP contribution in [0.25, 0.3) is 5.52 Å². The van der Waals surface area contributed by atoms with Gasteiger partial charge in [0.2, 0.25) is 5.91 Å². The molecular weight excluding hydrogens is 504 g/mol. The van der Waals surface area contributed by atoms with Crippen molar-refractivity contribution in [2.75, 3.05) is 56.2 Å². The van der Waals surface area contributed by atoms with E-state index in [1.807, 2.05) is 0 Å². The van der Waals surface area contributed by atoms with E-state index in [0.717, 1.165) is 54.3 Å². The molecule has 0 unspecified atom stereocenters. The Bertz CT molecular complexity index is 1450. The largest absolute Gasteiger partial charge is 0.462 e. The lowest BCUT2D eigenvalue weighted by Gasteiger charge is -2.42. The van der Waals surface area contributed by atoms with E-state index in [1.165, 1.54) is 12.5 Å². The summed E-state index contributed by atoms with van der Waals surface area (Å²) in [6.07, 6.45) is 6.76. The van der Waals surface area contributed by atoms with Crippen LogP contribution in [0, 0.1) is 11.3 Å². The Kier molecular flexibility index (Phi) is 7.30. The monoisotopic (exact) mass is 540 g/mol. The molecule has 10 nitrogen and oxygen atoms in total. The number of nitriles is 1. The minimum Gasteiger partial charge on any atom is -0.462 e. The number of carbonyl (C=O) groups excluding carboxylic acids is 1. The van der Waals surface area contributed by atoms with Gasteiger partial charge in [-0.1, -0.05) is 12.6 Å². The summed E-state index contributed by atoms with van der Waals surface area (Å²) in [5.74, 6) is 1.87. The van der Waals surface area contributed by atoms with Crippen LogP contribution in [0.15, 0.2) is 49.2 Å². The zero-order valence-corrected chi connectivity index (χ0v) is 23.1. The van der Waals surface area contributed by atoms with Crippen molar-refractivity contribution in [2.24, 2.45) is 0 Å². The number of hydrogen-bond donors (Lipinski definition) is 0. The average Bonchev–Trinajstić information content (AvgIpc) is 3.63. The fourth-order valence-corrected chi connectivity index (χ4v) is 6.32. The normalized spacial score (nSPS) is 21.4. The molecule has 10 heteroatoms. The van der Waals surface area contributed by atoms with E-state index < -0.39 is 0 Å². The van der Waals surface area contributed by atoms with Crippen molar-refractivity contribution in [3.05, 3.63) is 60.4 Å². The lowest BCUT2D eigenvalue weighted by atomic mass is 10.0. The van der Waals surface area contributed by atoms with E-state index in [1.54, 1.807) is 4.90 Å². The first kappa shape index (κ1) is 26.1. The van der Waals surface area contributed by atoms with Crippen LogP contribution in [0.5, 0.6) is 6.01 Å². The van der Waals surface area contributed by atoms with E-state index in [0.29, 0.717) is 44.8 Å². The van der Waals surface area contributed by atoms with Gasteiger partial charge < -0.3 is 28.7 Å². The molecule has 0 spiro atoms. The highest BCUT2D eigenvalue weighted by Gasteiger charge is 2.33. The number of nitrogens with zero attached hydrogens (tertiary/aromatic N) is 8. The van der Waals surface area contributed by atoms with Gasteiger partial charge in [-0.05, 0) is 63.2 Å². The van der Waals surface area contributed by atoms with Gasteiger partial charge in [0.1, 0.15) is 18.2 Å². The predicted octanol–water partition coefficient (Wildman–Crippen LogP) is 2.88. The van der Waals surface area contributed by atoms with Crippen molar-refractivity contribution in [2.45, 2.75) is 44.3 Å². The van der Waals surface area contributed by atoms with E-state index in [-0.39, 0.29) is 18.4 Å². The smallest absolute Gasteiger partial charge is 0.318 e. The molecule has 2 atom stereocenters. The molecule has 208 valence electrons. The molecule has 1 amide bonds. The first-order chi connectivity index (χ1) is 19.6. The number of anilines is 2. The summed E-state index contributed by atoms with van der Waals surface area (Å²) in [6, 6.07) is 13.3. The number of carbonyl (C=O) groups is 1. The zero-order valence-electron chi connectivity index (χ0n) is 23.1. The number of likely N-dealkylation sites (tertiary alicyclic amines) is 1. The third kappa shape index (κ3) is 4.97. The standard InChI is InChI=1S/C30H36N8O2/c1-3-28(39)38-18-17-36(19-23(38)11-13-31)29-25-12-16-35(27-10-4-7-22-8-6-15-37(22)27)20-26(25)32-30(33-29)40-21-24-9-5-14-34(24)2/h3-4,6-8,10,15,23-24H,1,5,9,11-12,14,16-21H2,2H3/t23-,24-/m0/s1. The second-order valence-corrected chi connectivity index (χ2v) is 10.9. The Hall–Kier alpha value is -4.10. The minimum atomic E-state index is -0.224. The summed E-state index contributed by atoms with van der Waals surface area (Å²) < 4.78 is 8.47. The first-order valence-electron chi connectivity index (χ1n) is 14.1. The number of piperazine rings is 1. The van der Waals surface area contributed by atoms with Gasteiger partial charge in [-0.3, -0.25) is 4.79 Å². The van der Waals surface area contributed by atoms with E-state index in [2.05, 4.69) is 75.3 Å². The van der Waals surface area contributed by atoms with Crippen LogP contribution in [-0.2, 0) is 17.8 Å². The molecule has 0 bridgehead atoms. The topological polar surface area (TPSA) is 93.2 Å². The molecule has 3 aliphatic rings. The van der Waals surface area contributed by atoms with Crippen LogP contribution in [-0.4, -0.2) is 88.5 Å². The average molecular weight is 541 g/mol. The minimum absolute atomic E-state index is 0.135. The van der Waals surface area contributed by atoms with Crippen molar-refractivity contribution < 1.29 is 9.53 Å². The number of ether oxygens (including phenoxy) is 1. The van der Waals surface area contributed by atoms with Crippen LogP contribution in [0.1, 0.15) is 30.5 Å². The third-order valence-electron chi connectivity index (χ3n) is 8.53. The maximum atomic E-state index is 12.5. The molecule has 6 heterocycles. The van der Waals surface area contributed by atoms with E-state index in [9.17, 15) is 10.1 Å². The van der Waals surface area contributed by atoms with Crippen molar-refractivity contribution in [3.63, 3.8) is 0 Å². The quantitative estimate of drug-likeness (QED) is 0.423. The lowest BCUT2D eigenvalue weighted by molar-refractivity contribution is -0.128. The Labute approximate surface area is 235 Å². The molecule has 3 aromatic heterocycles. The highest BCUT2D eigenvalue weighted by Crippen LogP contribution is 2.33. The van der Waals surface area contributed by atoms with Gasteiger partial charge >= 0.3 is 6.01 Å². The fraction of sp³-hybridized carbons (Fsp3) is 0.467. The molecule has 0 radical (unpaired) electrons. The molecule has 0 N–H and O–H groups in total. The van der Waals surface area contributed by atoms with Gasteiger partial charge in [-0.25, -0.2) is 0 Å². The van der Waals surface area contributed by atoms with Crippen LogP contribution in [0.2, 0.25) is 0 Å². The number of aromatic nitrogens is 3. The van der Waals surface area contributed by atoms with E-state index in [4.69, 9.17) is 14.7 Å². The molecule has 2 fully saturated rings. The number of amides is 1. The highest BCUT2D eigenvalue weighted by molar-refractivity contribution is 5.87. The van der Waals surface area contributed by atoms with Crippen LogP contribution in [0.4, 0.5) is 11.6 Å². The van der Waals surface area contributed by atoms with Crippen molar-refractivity contribution in [1.29, 1.82) is 5.26 Å². The molecule has 0 saturated carbocycles. The number of pyridine rings is 1. The molecule has 2 saturated heterocycles. The fourth-order valence-electron chi connectivity index (χ4n) is 6.32. The molecule has 40 heavy (non-hydrogen) atoms. The zero-order chi connectivity index (χ0) is 27.6. The molecule has 3 aliphatic heterocycles. The molecule has 6 rings (SSSR count).